The Bertz CT molecular complexity index is 219. The molecule has 18 heavy (non-hydrogen) atoms. The van der Waals surface area contributed by atoms with Crippen LogP contribution in [-0.2, 0) is 0 Å². The molecular weight excluding hydrogens is 220 g/mol. The van der Waals surface area contributed by atoms with Gasteiger partial charge < -0.3 is 10.2 Å². The number of piperidine rings is 1. The minimum Gasteiger partial charge on any atom is -0.313 e. The summed E-state index contributed by atoms with van der Waals surface area (Å²) in [6.07, 6.45) is 11.3. The molecule has 106 valence electrons. The van der Waals surface area contributed by atoms with Crippen molar-refractivity contribution >= 4 is 0 Å². The molecule has 0 aromatic rings. The van der Waals surface area contributed by atoms with Crippen LogP contribution in [0.2, 0.25) is 0 Å². The third kappa shape index (κ3) is 3.71. The monoisotopic (exact) mass is 252 g/mol. The quantitative estimate of drug-likeness (QED) is 0.779. The number of nitrogens with zero attached hydrogens (tertiary/aromatic N) is 1. The number of hydrogen-bond donors (Lipinski definition) is 1. The molecule has 0 spiro atoms. The predicted octanol–water partition coefficient (Wildman–Crippen LogP) is 3.42. The summed E-state index contributed by atoms with van der Waals surface area (Å²) in [4.78, 5) is 2.67. The van der Waals surface area contributed by atoms with Gasteiger partial charge in [0.1, 0.15) is 0 Å². The van der Waals surface area contributed by atoms with Gasteiger partial charge in [0.05, 0.1) is 0 Å². The van der Waals surface area contributed by atoms with Gasteiger partial charge in [-0.2, -0.15) is 0 Å². The molecule has 2 nitrogen and oxygen atoms in total. The number of nitrogens with one attached hydrogen (secondary N) is 1. The van der Waals surface area contributed by atoms with E-state index in [4.69, 9.17) is 0 Å². The standard InChI is InChI=1S/C16H32N2/c1-3-16(4-2)9-12-18(13-10-16)14-11-17-15-7-5-6-8-15/h15,17H,3-14H2,1-2H3. The summed E-state index contributed by atoms with van der Waals surface area (Å²) in [6, 6.07) is 0.833. The van der Waals surface area contributed by atoms with E-state index >= 15 is 0 Å². The zero-order valence-electron chi connectivity index (χ0n) is 12.5. The van der Waals surface area contributed by atoms with E-state index in [1.807, 2.05) is 0 Å². The van der Waals surface area contributed by atoms with Crippen molar-refractivity contribution in [3.63, 3.8) is 0 Å². The second-order valence-electron chi connectivity index (χ2n) is 6.48. The summed E-state index contributed by atoms with van der Waals surface area (Å²) in [5.74, 6) is 0. The van der Waals surface area contributed by atoms with Gasteiger partial charge in [-0.3, -0.25) is 0 Å². The molecular formula is C16H32N2. The fourth-order valence-electron chi connectivity index (χ4n) is 3.76. The fraction of sp³-hybridized carbons (Fsp3) is 1.00. The Kier molecular flexibility index (Phi) is 5.50. The summed E-state index contributed by atoms with van der Waals surface area (Å²) in [5, 5.41) is 3.74. The first-order chi connectivity index (χ1) is 8.78. The zero-order chi connectivity index (χ0) is 12.8. The summed E-state index contributed by atoms with van der Waals surface area (Å²) < 4.78 is 0. The highest BCUT2D eigenvalue weighted by molar-refractivity contribution is 4.84. The van der Waals surface area contributed by atoms with Gasteiger partial charge in [0, 0.05) is 19.1 Å². The molecule has 0 radical (unpaired) electrons. The Hall–Kier alpha value is -0.0800. The molecule has 1 aliphatic carbocycles. The van der Waals surface area contributed by atoms with E-state index in [2.05, 4.69) is 24.1 Å². The van der Waals surface area contributed by atoms with Crippen molar-refractivity contribution in [2.45, 2.75) is 71.3 Å². The van der Waals surface area contributed by atoms with Gasteiger partial charge in [0.15, 0.2) is 0 Å². The van der Waals surface area contributed by atoms with Crippen molar-refractivity contribution in [3.8, 4) is 0 Å². The normalized spacial score (nSPS) is 25.7. The van der Waals surface area contributed by atoms with Crippen LogP contribution in [0.25, 0.3) is 0 Å². The van der Waals surface area contributed by atoms with Gasteiger partial charge in [-0.25, -0.2) is 0 Å². The number of rotatable bonds is 6. The second-order valence-corrected chi connectivity index (χ2v) is 6.48. The topological polar surface area (TPSA) is 15.3 Å². The first-order valence-corrected chi connectivity index (χ1v) is 8.24. The summed E-state index contributed by atoms with van der Waals surface area (Å²) in [6.45, 7) is 9.87. The van der Waals surface area contributed by atoms with E-state index in [0.29, 0.717) is 5.41 Å². The Morgan fingerprint density at radius 3 is 2.22 bits per heavy atom. The van der Waals surface area contributed by atoms with E-state index in [9.17, 15) is 0 Å². The molecule has 2 aliphatic rings. The van der Waals surface area contributed by atoms with Gasteiger partial charge in [0.2, 0.25) is 0 Å². The molecule has 0 atom stereocenters. The van der Waals surface area contributed by atoms with Crippen molar-refractivity contribution in [2.24, 2.45) is 5.41 Å². The molecule has 0 amide bonds. The first kappa shape index (κ1) is 14.3. The third-order valence-corrected chi connectivity index (χ3v) is 5.63. The highest BCUT2D eigenvalue weighted by atomic mass is 15.1. The van der Waals surface area contributed by atoms with E-state index in [1.54, 1.807) is 0 Å². The minimum atomic E-state index is 0.676. The van der Waals surface area contributed by atoms with Crippen LogP contribution < -0.4 is 5.32 Å². The van der Waals surface area contributed by atoms with Crippen LogP contribution in [0.15, 0.2) is 0 Å². The lowest BCUT2D eigenvalue weighted by atomic mass is 9.74. The lowest BCUT2D eigenvalue weighted by Crippen LogP contribution is -2.43. The maximum atomic E-state index is 3.74. The van der Waals surface area contributed by atoms with Gasteiger partial charge in [-0.15, -0.1) is 0 Å². The SMILES string of the molecule is CCC1(CC)CCN(CCNC2CCCC2)CC1. The lowest BCUT2D eigenvalue weighted by Gasteiger charge is -2.41. The molecule has 0 bridgehead atoms. The van der Waals surface area contributed by atoms with Gasteiger partial charge >= 0.3 is 0 Å². The molecule has 0 unspecified atom stereocenters. The van der Waals surface area contributed by atoms with Crippen LogP contribution in [0.4, 0.5) is 0 Å². The van der Waals surface area contributed by atoms with Crippen molar-refractivity contribution in [2.75, 3.05) is 26.2 Å². The third-order valence-electron chi connectivity index (χ3n) is 5.63. The molecule has 1 aliphatic heterocycles. The van der Waals surface area contributed by atoms with Crippen molar-refractivity contribution in [1.82, 2.24) is 10.2 Å². The van der Waals surface area contributed by atoms with Crippen molar-refractivity contribution in [1.29, 1.82) is 0 Å². The first-order valence-electron chi connectivity index (χ1n) is 8.24. The maximum Gasteiger partial charge on any atom is 0.0107 e. The number of likely N-dealkylation sites (tertiary alicyclic amines) is 1. The van der Waals surface area contributed by atoms with Crippen LogP contribution in [0.3, 0.4) is 0 Å². The van der Waals surface area contributed by atoms with E-state index in [1.165, 1.54) is 77.5 Å². The molecule has 0 aromatic heterocycles. The van der Waals surface area contributed by atoms with Crippen LogP contribution in [-0.4, -0.2) is 37.1 Å². The Morgan fingerprint density at radius 2 is 1.67 bits per heavy atom. The molecule has 1 N–H and O–H groups in total. The van der Waals surface area contributed by atoms with E-state index in [-0.39, 0.29) is 0 Å². The molecule has 1 saturated carbocycles. The van der Waals surface area contributed by atoms with Crippen LogP contribution in [0.5, 0.6) is 0 Å². The average molecular weight is 252 g/mol. The molecule has 1 heterocycles. The fourth-order valence-corrected chi connectivity index (χ4v) is 3.76. The van der Waals surface area contributed by atoms with Crippen LogP contribution >= 0.6 is 0 Å². The largest absolute Gasteiger partial charge is 0.313 e. The van der Waals surface area contributed by atoms with Gasteiger partial charge in [-0.1, -0.05) is 39.5 Å². The van der Waals surface area contributed by atoms with Gasteiger partial charge in [0.25, 0.3) is 0 Å². The average Bonchev–Trinajstić information content (AvgIpc) is 2.93. The maximum absolute atomic E-state index is 3.74. The van der Waals surface area contributed by atoms with E-state index in [0.717, 1.165) is 6.04 Å². The lowest BCUT2D eigenvalue weighted by molar-refractivity contribution is 0.0955. The van der Waals surface area contributed by atoms with Crippen molar-refractivity contribution < 1.29 is 0 Å². The molecule has 2 fully saturated rings. The smallest absolute Gasteiger partial charge is 0.0107 e. The number of hydrogen-bond acceptors (Lipinski definition) is 2. The zero-order valence-corrected chi connectivity index (χ0v) is 12.5. The predicted molar refractivity (Wildman–Crippen MR) is 78.9 cm³/mol. The highest BCUT2D eigenvalue weighted by Gasteiger charge is 2.30. The summed E-state index contributed by atoms with van der Waals surface area (Å²) in [5.41, 5.74) is 0.676. The molecule has 2 heteroatoms. The minimum absolute atomic E-state index is 0.676. The Labute approximate surface area is 114 Å². The highest BCUT2D eigenvalue weighted by Crippen LogP contribution is 2.37. The van der Waals surface area contributed by atoms with Crippen molar-refractivity contribution in [3.05, 3.63) is 0 Å². The molecule has 1 saturated heterocycles. The summed E-state index contributed by atoms with van der Waals surface area (Å²) >= 11 is 0. The second kappa shape index (κ2) is 6.91. The molecule has 2 rings (SSSR count). The Balaban J connectivity index is 1.61. The van der Waals surface area contributed by atoms with Gasteiger partial charge in [-0.05, 0) is 44.2 Å². The molecule has 0 aromatic carbocycles. The van der Waals surface area contributed by atoms with Crippen LogP contribution in [0.1, 0.15) is 65.2 Å². The van der Waals surface area contributed by atoms with E-state index < -0.39 is 0 Å². The summed E-state index contributed by atoms with van der Waals surface area (Å²) in [7, 11) is 0. The van der Waals surface area contributed by atoms with Crippen LogP contribution in [0, 0.1) is 5.41 Å². The Morgan fingerprint density at radius 1 is 1.06 bits per heavy atom.